The lowest BCUT2D eigenvalue weighted by Crippen LogP contribution is -2.44. The minimum absolute atomic E-state index is 0.138. The Morgan fingerprint density at radius 2 is 1.76 bits per heavy atom. The Morgan fingerprint density at radius 3 is 2.40 bits per heavy atom. The second-order valence-corrected chi connectivity index (χ2v) is 7.26. The first-order chi connectivity index (χ1) is 11.9. The molecule has 0 aromatic heterocycles. The summed E-state index contributed by atoms with van der Waals surface area (Å²) < 4.78 is 11.0. The van der Waals surface area contributed by atoms with Crippen LogP contribution in [-0.2, 0) is 10.2 Å². The van der Waals surface area contributed by atoms with Crippen molar-refractivity contribution in [1.29, 1.82) is 0 Å². The van der Waals surface area contributed by atoms with Gasteiger partial charge < -0.3 is 20.1 Å². The third kappa shape index (κ3) is 7.32. The van der Waals surface area contributed by atoms with Gasteiger partial charge in [-0.25, -0.2) is 4.79 Å². The molecule has 2 amide bonds. The molecule has 6 nitrogen and oxygen atoms in total. The zero-order chi connectivity index (χ0) is 18.1. The van der Waals surface area contributed by atoms with Crippen molar-refractivity contribution in [2.75, 3.05) is 52.5 Å². The van der Waals surface area contributed by atoms with Crippen LogP contribution in [0.2, 0.25) is 0 Å². The van der Waals surface area contributed by atoms with E-state index in [2.05, 4.69) is 48.4 Å². The Bertz CT molecular complexity index is 520. The number of amides is 2. The Morgan fingerprint density at radius 1 is 1.12 bits per heavy atom. The third-order valence-corrected chi connectivity index (χ3v) is 4.19. The van der Waals surface area contributed by atoms with Gasteiger partial charge in [-0.2, -0.15) is 0 Å². The van der Waals surface area contributed by atoms with Crippen LogP contribution in [0.4, 0.5) is 4.79 Å². The summed E-state index contributed by atoms with van der Waals surface area (Å²) in [5.74, 6) is 0.822. The molecular weight excluding hydrogens is 318 g/mol. The van der Waals surface area contributed by atoms with Crippen LogP contribution in [-0.4, -0.2) is 63.5 Å². The van der Waals surface area contributed by atoms with E-state index in [1.54, 1.807) is 0 Å². The van der Waals surface area contributed by atoms with Crippen LogP contribution in [0.15, 0.2) is 24.3 Å². The smallest absolute Gasteiger partial charge is 0.314 e. The summed E-state index contributed by atoms with van der Waals surface area (Å²) in [6.07, 6.45) is 0. The van der Waals surface area contributed by atoms with Crippen LogP contribution < -0.4 is 15.4 Å². The molecule has 0 bridgehead atoms. The number of carbonyl (C=O) groups excluding carboxylic acids is 1. The first-order valence-corrected chi connectivity index (χ1v) is 9.00. The van der Waals surface area contributed by atoms with Crippen molar-refractivity contribution < 1.29 is 14.3 Å². The van der Waals surface area contributed by atoms with Crippen LogP contribution in [0.3, 0.4) is 0 Å². The molecule has 0 radical (unpaired) electrons. The van der Waals surface area contributed by atoms with E-state index in [1.165, 1.54) is 5.56 Å². The molecule has 1 saturated heterocycles. The lowest BCUT2D eigenvalue weighted by atomic mass is 9.87. The second kappa shape index (κ2) is 9.63. The van der Waals surface area contributed by atoms with E-state index in [0.29, 0.717) is 19.7 Å². The highest BCUT2D eigenvalue weighted by molar-refractivity contribution is 5.73. The molecule has 25 heavy (non-hydrogen) atoms. The number of urea groups is 1. The number of rotatable bonds is 7. The topological polar surface area (TPSA) is 62.8 Å². The van der Waals surface area contributed by atoms with Crippen molar-refractivity contribution in [3.63, 3.8) is 0 Å². The summed E-state index contributed by atoms with van der Waals surface area (Å²) in [6, 6.07) is 7.97. The summed E-state index contributed by atoms with van der Waals surface area (Å²) in [6.45, 7) is 12.4. The van der Waals surface area contributed by atoms with E-state index < -0.39 is 0 Å². The number of nitrogens with one attached hydrogen (secondary N) is 2. The van der Waals surface area contributed by atoms with Gasteiger partial charge in [0.05, 0.1) is 19.8 Å². The fourth-order valence-electron chi connectivity index (χ4n) is 2.60. The van der Waals surface area contributed by atoms with Crippen LogP contribution in [0, 0.1) is 0 Å². The van der Waals surface area contributed by atoms with Crippen LogP contribution in [0.1, 0.15) is 26.3 Å². The van der Waals surface area contributed by atoms with Gasteiger partial charge in [0.25, 0.3) is 0 Å². The summed E-state index contributed by atoms with van der Waals surface area (Å²) in [5.41, 5.74) is 1.41. The molecule has 2 N–H and O–H groups in total. The summed E-state index contributed by atoms with van der Waals surface area (Å²) in [5, 5.41) is 5.67. The SMILES string of the molecule is CC(C)(C)c1ccc(OCCNC(=O)NCCN2CCOCC2)cc1. The molecule has 1 aliphatic rings. The van der Waals surface area contributed by atoms with Gasteiger partial charge in [-0.3, -0.25) is 4.90 Å². The maximum Gasteiger partial charge on any atom is 0.314 e. The van der Waals surface area contributed by atoms with Gasteiger partial charge in [0.2, 0.25) is 0 Å². The molecule has 0 unspecified atom stereocenters. The van der Waals surface area contributed by atoms with E-state index in [0.717, 1.165) is 38.6 Å². The Kier molecular flexibility index (Phi) is 7.52. The fourth-order valence-corrected chi connectivity index (χ4v) is 2.60. The molecule has 1 aromatic rings. The molecule has 6 heteroatoms. The van der Waals surface area contributed by atoms with Crippen molar-refractivity contribution in [2.24, 2.45) is 0 Å². The highest BCUT2D eigenvalue weighted by atomic mass is 16.5. The largest absolute Gasteiger partial charge is 0.492 e. The minimum atomic E-state index is -0.153. The normalized spacial score (nSPS) is 15.6. The lowest BCUT2D eigenvalue weighted by Gasteiger charge is -2.26. The average molecular weight is 349 g/mol. The molecular formula is C19H31N3O3. The molecule has 140 valence electrons. The van der Waals surface area contributed by atoms with E-state index >= 15 is 0 Å². The van der Waals surface area contributed by atoms with Gasteiger partial charge in [0, 0.05) is 26.2 Å². The quantitative estimate of drug-likeness (QED) is 0.739. The summed E-state index contributed by atoms with van der Waals surface area (Å²) in [7, 11) is 0. The Labute approximate surface area is 150 Å². The monoisotopic (exact) mass is 349 g/mol. The van der Waals surface area contributed by atoms with E-state index in [4.69, 9.17) is 9.47 Å². The number of morpholine rings is 1. The van der Waals surface area contributed by atoms with E-state index in [9.17, 15) is 4.79 Å². The second-order valence-electron chi connectivity index (χ2n) is 7.26. The molecule has 0 saturated carbocycles. The molecule has 1 fully saturated rings. The number of ether oxygens (including phenoxy) is 2. The van der Waals surface area contributed by atoms with E-state index in [1.807, 2.05) is 12.1 Å². The average Bonchev–Trinajstić information content (AvgIpc) is 2.59. The predicted octanol–water partition coefficient (Wildman–Crippen LogP) is 1.99. The summed E-state index contributed by atoms with van der Waals surface area (Å²) in [4.78, 5) is 14.0. The zero-order valence-corrected chi connectivity index (χ0v) is 15.6. The number of carbonyl (C=O) groups is 1. The number of hydrogen-bond donors (Lipinski definition) is 2. The van der Waals surface area contributed by atoms with Gasteiger partial charge >= 0.3 is 6.03 Å². The molecule has 0 atom stereocenters. The third-order valence-electron chi connectivity index (χ3n) is 4.19. The van der Waals surface area contributed by atoms with Crippen LogP contribution in [0.5, 0.6) is 5.75 Å². The Balaban J connectivity index is 1.55. The maximum absolute atomic E-state index is 11.7. The predicted molar refractivity (Wildman–Crippen MR) is 99.3 cm³/mol. The minimum Gasteiger partial charge on any atom is -0.492 e. The molecule has 1 aliphatic heterocycles. The molecule has 2 rings (SSSR count). The van der Waals surface area contributed by atoms with Gasteiger partial charge in [-0.1, -0.05) is 32.9 Å². The van der Waals surface area contributed by atoms with Crippen molar-refractivity contribution >= 4 is 6.03 Å². The Hall–Kier alpha value is -1.79. The van der Waals surface area contributed by atoms with Crippen molar-refractivity contribution in [1.82, 2.24) is 15.5 Å². The van der Waals surface area contributed by atoms with Gasteiger partial charge in [0.1, 0.15) is 12.4 Å². The number of nitrogens with zero attached hydrogens (tertiary/aromatic N) is 1. The van der Waals surface area contributed by atoms with Gasteiger partial charge in [-0.05, 0) is 23.1 Å². The number of hydrogen-bond acceptors (Lipinski definition) is 4. The van der Waals surface area contributed by atoms with Crippen molar-refractivity contribution in [3.05, 3.63) is 29.8 Å². The van der Waals surface area contributed by atoms with Crippen LogP contribution in [0.25, 0.3) is 0 Å². The first kappa shape index (κ1) is 19.5. The van der Waals surface area contributed by atoms with Crippen LogP contribution >= 0.6 is 0 Å². The van der Waals surface area contributed by atoms with Gasteiger partial charge in [0.15, 0.2) is 0 Å². The molecule has 0 spiro atoms. The van der Waals surface area contributed by atoms with E-state index in [-0.39, 0.29) is 11.4 Å². The highest BCUT2D eigenvalue weighted by Gasteiger charge is 2.13. The molecule has 1 heterocycles. The standard InChI is InChI=1S/C19H31N3O3/c1-19(2,3)16-4-6-17(7-5-16)25-13-9-21-18(23)20-8-10-22-11-14-24-15-12-22/h4-7H,8-15H2,1-3H3,(H2,20,21,23). The fraction of sp³-hybridized carbons (Fsp3) is 0.632. The summed E-state index contributed by atoms with van der Waals surface area (Å²) >= 11 is 0. The molecule has 0 aliphatic carbocycles. The maximum atomic E-state index is 11.7. The lowest BCUT2D eigenvalue weighted by molar-refractivity contribution is 0.0387. The highest BCUT2D eigenvalue weighted by Crippen LogP contribution is 2.24. The zero-order valence-electron chi connectivity index (χ0n) is 15.6. The number of benzene rings is 1. The van der Waals surface area contributed by atoms with Gasteiger partial charge in [-0.15, -0.1) is 0 Å². The van der Waals surface area contributed by atoms with Crippen molar-refractivity contribution in [2.45, 2.75) is 26.2 Å². The van der Waals surface area contributed by atoms with Crippen molar-refractivity contribution in [3.8, 4) is 5.75 Å². The molecule has 1 aromatic carbocycles. The first-order valence-electron chi connectivity index (χ1n) is 9.00.